The van der Waals surface area contributed by atoms with Crippen molar-refractivity contribution in [3.05, 3.63) is 0 Å². The van der Waals surface area contributed by atoms with E-state index in [1.54, 1.807) is 23.9 Å². The van der Waals surface area contributed by atoms with E-state index >= 15 is 0 Å². The molecule has 0 bridgehead atoms. The Morgan fingerprint density at radius 2 is 1.23 bits per heavy atom. The highest BCUT2D eigenvalue weighted by molar-refractivity contribution is 5.82. The fourth-order valence-electron chi connectivity index (χ4n) is 2.66. The molecule has 10 heteroatoms. The van der Waals surface area contributed by atoms with E-state index in [0.29, 0.717) is 23.9 Å². The molecule has 30 heavy (non-hydrogen) atoms. The zero-order valence-electron chi connectivity index (χ0n) is 19.5. The molecule has 1 fully saturated rings. The molecule has 0 aromatic carbocycles. The third-order valence-corrected chi connectivity index (χ3v) is 4.00. The Morgan fingerprint density at radius 3 is 1.57 bits per heavy atom. The van der Waals surface area contributed by atoms with Crippen LogP contribution in [0.3, 0.4) is 0 Å². The lowest BCUT2D eigenvalue weighted by Gasteiger charge is -2.25. The summed E-state index contributed by atoms with van der Waals surface area (Å²) in [5.41, 5.74) is -0.636. The van der Waals surface area contributed by atoms with Crippen molar-refractivity contribution in [2.75, 3.05) is 42.3 Å². The van der Waals surface area contributed by atoms with Crippen molar-refractivity contribution in [3.63, 3.8) is 0 Å². The first kappa shape index (κ1) is 23.6. The topological polar surface area (TPSA) is 115 Å². The summed E-state index contributed by atoms with van der Waals surface area (Å²) in [6.45, 7) is 11.8. The van der Waals surface area contributed by atoms with Gasteiger partial charge in [-0.2, -0.15) is 15.0 Å². The van der Waals surface area contributed by atoms with Gasteiger partial charge in [-0.15, -0.1) is 0 Å². The van der Waals surface area contributed by atoms with Crippen LogP contribution in [0.15, 0.2) is 0 Å². The van der Waals surface area contributed by atoms with Gasteiger partial charge in [0.25, 0.3) is 0 Å². The molecule has 1 aliphatic carbocycles. The van der Waals surface area contributed by atoms with Gasteiger partial charge in [-0.05, 0) is 54.4 Å². The average Bonchev–Trinajstić information content (AvgIpc) is 3.34. The van der Waals surface area contributed by atoms with E-state index in [9.17, 15) is 9.59 Å². The van der Waals surface area contributed by atoms with Crippen LogP contribution in [-0.2, 0) is 9.59 Å². The van der Waals surface area contributed by atoms with Crippen LogP contribution >= 0.6 is 0 Å². The molecule has 0 atom stereocenters. The summed E-state index contributed by atoms with van der Waals surface area (Å²) in [7, 11) is 3.52. The number of carbonyl (C=O) groups excluding carboxylic acids is 2. The van der Waals surface area contributed by atoms with Gasteiger partial charge in [-0.25, -0.2) is 0 Å². The number of hydrogen-bond donors (Lipinski definition) is 3. The predicted octanol–water partition coefficient (Wildman–Crippen LogP) is 1.15. The first-order valence-corrected chi connectivity index (χ1v) is 10.3. The van der Waals surface area contributed by atoms with Crippen molar-refractivity contribution in [3.8, 4) is 0 Å². The van der Waals surface area contributed by atoms with Crippen LogP contribution in [0.1, 0.15) is 54.4 Å². The summed E-state index contributed by atoms with van der Waals surface area (Å²) in [6, 6.07) is 0.358. The smallest absolute Gasteiger partial charge is 0.240 e. The van der Waals surface area contributed by atoms with Crippen molar-refractivity contribution in [1.82, 2.24) is 25.6 Å². The van der Waals surface area contributed by atoms with Crippen LogP contribution in [0.25, 0.3) is 0 Å². The number of anilines is 3. The number of aromatic nitrogens is 3. The van der Waals surface area contributed by atoms with E-state index in [-0.39, 0.29) is 36.0 Å². The largest absolute Gasteiger partial charge is 0.351 e. The molecule has 0 radical (unpaired) electrons. The molecular formula is C20H36N8O2. The van der Waals surface area contributed by atoms with Crippen LogP contribution in [-0.4, -0.2) is 71.1 Å². The minimum absolute atomic E-state index is 0.109. The number of nitrogens with zero attached hydrogens (tertiary/aromatic N) is 5. The Labute approximate surface area is 179 Å². The van der Waals surface area contributed by atoms with Crippen LogP contribution in [0.2, 0.25) is 0 Å². The van der Waals surface area contributed by atoms with Crippen LogP contribution in [0.5, 0.6) is 0 Å². The minimum Gasteiger partial charge on any atom is -0.351 e. The number of nitrogens with one attached hydrogen (secondary N) is 3. The van der Waals surface area contributed by atoms with Gasteiger partial charge >= 0.3 is 0 Å². The zero-order chi connectivity index (χ0) is 22.7. The Hall–Kier alpha value is -2.65. The van der Waals surface area contributed by atoms with Crippen molar-refractivity contribution in [2.24, 2.45) is 0 Å². The summed E-state index contributed by atoms with van der Waals surface area (Å²) in [4.78, 5) is 41.4. The average molecular weight is 421 g/mol. The third-order valence-electron chi connectivity index (χ3n) is 4.00. The van der Waals surface area contributed by atoms with Gasteiger partial charge < -0.3 is 25.8 Å². The first-order chi connectivity index (χ1) is 13.7. The summed E-state index contributed by atoms with van der Waals surface area (Å²) >= 11 is 0. The number of amides is 2. The summed E-state index contributed by atoms with van der Waals surface area (Å²) < 4.78 is 0. The maximum atomic E-state index is 12.3. The molecular weight excluding hydrogens is 384 g/mol. The molecule has 1 saturated carbocycles. The fourth-order valence-corrected chi connectivity index (χ4v) is 2.66. The second-order valence-corrected chi connectivity index (χ2v) is 9.99. The van der Waals surface area contributed by atoms with Gasteiger partial charge in [0, 0.05) is 31.2 Å². The highest BCUT2D eigenvalue weighted by Gasteiger charge is 2.25. The summed E-state index contributed by atoms with van der Waals surface area (Å²) in [6.07, 6.45) is 2.15. The Balaban J connectivity index is 2.17. The van der Waals surface area contributed by atoms with Crippen molar-refractivity contribution >= 4 is 29.7 Å². The van der Waals surface area contributed by atoms with Gasteiger partial charge in [-0.1, -0.05) is 0 Å². The van der Waals surface area contributed by atoms with Crippen LogP contribution in [0, 0.1) is 0 Å². The van der Waals surface area contributed by atoms with Gasteiger partial charge in [0.2, 0.25) is 29.7 Å². The quantitative estimate of drug-likeness (QED) is 0.574. The van der Waals surface area contributed by atoms with E-state index in [1.165, 1.54) is 0 Å². The standard InChI is InChI=1S/C20H36N8O2/c1-19(2,3)25-14(29)11-27(7)17-22-16(21-13-9-10-13)23-18(24-17)28(8)12-15(30)26-20(4,5)6/h13H,9-12H2,1-8H3,(H,25,29)(H,26,30)(H,21,22,23,24). The van der Waals surface area contributed by atoms with Gasteiger partial charge in [0.05, 0.1) is 13.1 Å². The molecule has 3 N–H and O–H groups in total. The molecule has 2 rings (SSSR count). The second kappa shape index (κ2) is 9.01. The molecule has 1 heterocycles. The Bertz CT molecular complexity index is 711. The molecule has 168 valence electrons. The molecule has 0 unspecified atom stereocenters. The molecule has 0 saturated heterocycles. The normalized spacial score (nSPS) is 14.1. The summed E-state index contributed by atoms with van der Waals surface area (Å²) in [5, 5.41) is 9.13. The molecule has 2 amide bonds. The molecule has 1 aliphatic rings. The van der Waals surface area contributed by atoms with Crippen molar-refractivity contribution in [1.29, 1.82) is 0 Å². The number of likely N-dealkylation sites (N-methyl/N-ethyl adjacent to an activating group) is 2. The van der Waals surface area contributed by atoms with Crippen molar-refractivity contribution in [2.45, 2.75) is 71.5 Å². The number of rotatable bonds is 8. The van der Waals surface area contributed by atoms with E-state index in [4.69, 9.17) is 0 Å². The van der Waals surface area contributed by atoms with E-state index in [2.05, 4.69) is 30.9 Å². The lowest BCUT2D eigenvalue weighted by Crippen LogP contribution is -2.46. The monoisotopic (exact) mass is 420 g/mol. The fraction of sp³-hybridized carbons (Fsp3) is 0.750. The van der Waals surface area contributed by atoms with Crippen molar-refractivity contribution < 1.29 is 9.59 Å². The Morgan fingerprint density at radius 1 is 0.833 bits per heavy atom. The lowest BCUT2D eigenvalue weighted by molar-refractivity contribution is -0.122. The van der Waals surface area contributed by atoms with E-state index in [0.717, 1.165) is 12.8 Å². The molecule has 0 aliphatic heterocycles. The van der Waals surface area contributed by atoms with E-state index in [1.807, 2.05) is 41.5 Å². The molecule has 0 spiro atoms. The highest BCUT2D eigenvalue weighted by Crippen LogP contribution is 2.24. The SMILES string of the molecule is CN(CC(=O)NC(C)(C)C)c1nc(NC2CC2)nc(N(C)CC(=O)NC(C)(C)C)n1. The third kappa shape index (κ3) is 8.38. The maximum Gasteiger partial charge on any atom is 0.240 e. The maximum absolute atomic E-state index is 12.3. The van der Waals surface area contributed by atoms with Gasteiger partial charge in [0.1, 0.15) is 0 Å². The molecule has 1 aromatic rings. The predicted molar refractivity (Wildman–Crippen MR) is 119 cm³/mol. The van der Waals surface area contributed by atoms with E-state index < -0.39 is 0 Å². The minimum atomic E-state index is -0.318. The lowest BCUT2D eigenvalue weighted by atomic mass is 10.1. The Kier molecular flexibility index (Phi) is 7.10. The van der Waals surface area contributed by atoms with Gasteiger partial charge in [-0.3, -0.25) is 9.59 Å². The summed E-state index contributed by atoms with van der Waals surface area (Å²) in [5.74, 6) is 0.942. The molecule has 10 nitrogen and oxygen atoms in total. The number of carbonyl (C=O) groups is 2. The molecule has 1 aromatic heterocycles. The van der Waals surface area contributed by atoms with Crippen LogP contribution in [0.4, 0.5) is 17.8 Å². The van der Waals surface area contributed by atoms with Crippen LogP contribution < -0.4 is 25.8 Å². The number of hydrogen-bond acceptors (Lipinski definition) is 8. The second-order valence-electron chi connectivity index (χ2n) is 9.99. The first-order valence-electron chi connectivity index (χ1n) is 10.3. The highest BCUT2D eigenvalue weighted by atomic mass is 16.2. The zero-order valence-corrected chi connectivity index (χ0v) is 19.5. The van der Waals surface area contributed by atoms with Gasteiger partial charge in [0.15, 0.2) is 0 Å².